The van der Waals surface area contributed by atoms with Crippen LogP contribution in [0.5, 0.6) is 0 Å². The molecule has 116 valence electrons. The summed E-state index contributed by atoms with van der Waals surface area (Å²) >= 11 is 2.42. The molecule has 0 amide bonds. The predicted octanol–water partition coefficient (Wildman–Crippen LogP) is 5.81. The second kappa shape index (κ2) is 7.64. The van der Waals surface area contributed by atoms with Gasteiger partial charge in [-0.2, -0.15) is 0 Å². The molecule has 0 fully saturated rings. The number of hydrogen-bond acceptors (Lipinski definition) is 1. The van der Waals surface area contributed by atoms with Gasteiger partial charge in [0.1, 0.15) is 0 Å². The van der Waals surface area contributed by atoms with E-state index in [0.29, 0.717) is 0 Å². The van der Waals surface area contributed by atoms with Crippen LogP contribution in [-0.4, -0.2) is 0 Å². The van der Waals surface area contributed by atoms with Crippen LogP contribution in [0.1, 0.15) is 16.7 Å². The number of para-hydroxylation sites is 1. The highest BCUT2D eigenvalue weighted by Crippen LogP contribution is 2.23. The zero-order valence-corrected chi connectivity index (χ0v) is 15.4. The van der Waals surface area contributed by atoms with Crippen molar-refractivity contribution in [3.8, 4) is 0 Å². The molecule has 23 heavy (non-hydrogen) atoms. The molecule has 0 spiro atoms. The van der Waals surface area contributed by atoms with Crippen molar-refractivity contribution >= 4 is 28.3 Å². The minimum absolute atomic E-state index is 0.914. The third-order valence-electron chi connectivity index (χ3n) is 4.06. The van der Waals surface area contributed by atoms with E-state index in [2.05, 4.69) is 113 Å². The van der Waals surface area contributed by atoms with E-state index in [1.807, 2.05) is 0 Å². The van der Waals surface area contributed by atoms with Crippen LogP contribution in [-0.2, 0) is 13.1 Å². The first-order chi connectivity index (χ1) is 11.2. The molecule has 1 nitrogen and oxygen atoms in total. The number of halogens is 1. The van der Waals surface area contributed by atoms with Gasteiger partial charge in [-0.3, -0.25) is 0 Å². The van der Waals surface area contributed by atoms with Crippen LogP contribution in [0.2, 0.25) is 0 Å². The van der Waals surface area contributed by atoms with E-state index in [-0.39, 0.29) is 0 Å². The molecule has 0 aliphatic carbocycles. The summed E-state index contributed by atoms with van der Waals surface area (Å²) in [4.78, 5) is 2.44. The fourth-order valence-electron chi connectivity index (χ4n) is 2.70. The molecule has 0 aromatic heterocycles. The van der Waals surface area contributed by atoms with Gasteiger partial charge in [-0.25, -0.2) is 0 Å². The fourth-order valence-corrected chi connectivity index (χ4v) is 3.26. The second-order valence-corrected chi connectivity index (χ2v) is 6.87. The van der Waals surface area contributed by atoms with Gasteiger partial charge in [-0.1, -0.05) is 60.7 Å². The van der Waals surface area contributed by atoms with Gasteiger partial charge in [-0.15, -0.1) is 0 Å². The first-order valence-electron chi connectivity index (χ1n) is 7.82. The zero-order valence-electron chi connectivity index (χ0n) is 13.2. The Balaban J connectivity index is 1.91. The van der Waals surface area contributed by atoms with Crippen LogP contribution >= 0.6 is 22.6 Å². The summed E-state index contributed by atoms with van der Waals surface area (Å²) in [5, 5.41) is 0. The number of hydrogen-bond donors (Lipinski definition) is 0. The van der Waals surface area contributed by atoms with Crippen LogP contribution in [0.3, 0.4) is 0 Å². The molecule has 0 bridgehead atoms. The third kappa shape index (κ3) is 4.14. The highest BCUT2D eigenvalue weighted by Gasteiger charge is 2.11. The van der Waals surface area contributed by atoms with E-state index >= 15 is 0 Å². The zero-order chi connectivity index (χ0) is 16.1. The maximum atomic E-state index is 2.44. The second-order valence-electron chi connectivity index (χ2n) is 5.71. The molecule has 3 aromatic carbocycles. The Bertz CT molecular complexity index is 720. The topological polar surface area (TPSA) is 3.24 Å². The molecule has 2 heteroatoms. The van der Waals surface area contributed by atoms with Gasteiger partial charge in [0.2, 0.25) is 0 Å². The Labute approximate surface area is 152 Å². The summed E-state index contributed by atoms with van der Waals surface area (Å²) in [6, 6.07) is 27.9. The standard InChI is InChI=1S/C21H20IN/c1-17-9-5-6-10-18(17)15-23(20-12-3-2-4-13-20)16-19-11-7-8-14-21(19)22/h2-14H,15-16H2,1H3. The van der Waals surface area contributed by atoms with Crippen LogP contribution in [0, 0.1) is 10.5 Å². The maximum Gasteiger partial charge on any atom is 0.0443 e. The Morgan fingerprint density at radius 1 is 0.696 bits per heavy atom. The molecule has 0 aliphatic rings. The van der Waals surface area contributed by atoms with Gasteiger partial charge in [0.15, 0.2) is 0 Å². The van der Waals surface area contributed by atoms with Crippen molar-refractivity contribution in [3.05, 3.63) is 99.1 Å². The lowest BCUT2D eigenvalue weighted by Gasteiger charge is -2.26. The molecule has 0 saturated carbocycles. The van der Waals surface area contributed by atoms with E-state index in [0.717, 1.165) is 13.1 Å². The van der Waals surface area contributed by atoms with Crippen molar-refractivity contribution < 1.29 is 0 Å². The van der Waals surface area contributed by atoms with Gasteiger partial charge in [-0.05, 0) is 64.4 Å². The lowest BCUT2D eigenvalue weighted by molar-refractivity contribution is 0.793. The molecule has 0 unspecified atom stereocenters. The van der Waals surface area contributed by atoms with Crippen molar-refractivity contribution in [2.75, 3.05) is 4.90 Å². The normalized spacial score (nSPS) is 10.5. The highest BCUT2D eigenvalue weighted by atomic mass is 127. The summed E-state index contributed by atoms with van der Waals surface area (Å²) in [5.41, 5.74) is 5.35. The molecule has 3 aromatic rings. The van der Waals surface area contributed by atoms with E-state index in [9.17, 15) is 0 Å². The minimum atomic E-state index is 0.914. The van der Waals surface area contributed by atoms with Crippen molar-refractivity contribution in [2.24, 2.45) is 0 Å². The number of benzene rings is 3. The fraction of sp³-hybridized carbons (Fsp3) is 0.143. The van der Waals surface area contributed by atoms with Crippen LogP contribution in [0.4, 0.5) is 5.69 Å². The molecule has 0 heterocycles. The summed E-state index contributed by atoms with van der Waals surface area (Å²) in [5.74, 6) is 0. The van der Waals surface area contributed by atoms with Gasteiger partial charge in [0.05, 0.1) is 0 Å². The predicted molar refractivity (Wildman–Crippen MR) is 107 cm³/mol. The Hall–Kier alpha value is -1.81. The average Bonchev–Trinajstić information content (AvgIpc) is 2.59. The highest BCUT2D eigenvalue weighted by molar-refractivity contribution is 14.1. The Kier molecular flexibility index (Phi) is 5.34. The van der Waals surface area contributed by atoms with E-state index in [1.54, 1.807) is 0 Å². The van der Waals surface area contributed by atoms with Crippen LogP contribution < -0.4 is 4.90 Å². The first-order valence-corrected chi connectivity index (χ1v) is 8.90. The SMILES string of the molecule is Cc1ccccc1CN(Cc1ccccc1I)c1ccccc1. The number of anilines is 1. The number of rotatable bonds is 5. The Morgan fingerprint density at radius 2 is 1.26 bits per heavy atom. The van der Waals surface area contributed by atoms with Crippen molar-refractivity contribution in [3.63, 3.8) is 0 Å². The first kappa shape index (κ1) is 16.1. The van der Waals surface area contributed by atoms with E-state index in [4.69, 9.17) is 0 Å². The lowest BCUT2D eigenvalue weighted by Crippen LogP contribution is -2.23. The maximum absolute atomic E-state index is 2.44. The van der Waals surface area contributed by atoms with Crippen molar-refractivity contribution in [1.82, 2.24) is 0 Å². The summed E-state index contributed by atoms with van der Waals surface area (Å²) in [7, 11) is 0. The monoisotopic (exact) mass is 413 g/mol. The van der Waals surface area contributed by atoms with E-state index in [1.165, 1.54) is 25.9 Å². The van der Waals surface area contributed by atoms with Gasteiger partial charge < -0.3 is 4.90 Å². The average molecular weight is 413 g/mol. The molecule has 0 saturated heterocycles. The number of aryl methyl sites for hydroxylation is 1. The minimum Gasteiger partial charge on any atom is -0.363 e. The van der Waals surface area contributed by atoms with Gasteiger partial charge in [0, 0.05) is 22.3 Å². The molecule has 0 radical (unpaired) electrons. The largest absolute Gasteiger partial charge is 0.363 e. The molecular weight excluding hydrogens is 393 g/mol. The van der Waals surface area contributed by atoms with Crippen molar-refractivity contribution in [2.45, 2.75) is 20.0 Å². The number of nitrogens with zero attached hydrogens (tertiary/aromatic N) is 1. The lowest BCUT2D eigenvalue weighted by atomic mass is 10.1. The summed E-state index contributed by atoms with van der Waals surface area (Å²) in [6.07, 6.45) is 0. The van der Waals surface area contributed by atoms with Gasteiger partial charge >= 0.3 is 0 Å². The van der Waals surface area contributed by atoms with Crippen LogP contribution in [0.15, 0.2) is 78.9 Å². The summed E-state index contributed by atoms with van der Waals surface area (Å²) < 4.78 is 1.32. The summed E-state index contributed by atoms with van der Waals surface area (Å²) in [6.45, 7) is 4.02. The molecule has 0 atom stereocenters. The van der Waals surface area contributed by atoms with E-state index < -0.39 is 0 Å². The molecule has 0 N–H and O–H groups in total. The van der Waals surface area contributed by atoms with Crippen molar-refractivity contribution in [1.29, 1.82) is 0 Å². The smallest absolute Gasteiger partial charge is 0.0443 e. The van der Waals surface area contributed by atoms with Crippen LogP contribution in [0.25, 0.3) is 0 Å². The third-order valence-corrected chi connectivity index (χ3v) is 5.12. The Morgan fingerprint density at radius 3 is 1.96 bits per heavy atom. The quantitative estimate of drug-likeness (QED) is 0.478. The molecule has 0 aliphatic heterocycles. The van der Waals surface area contributed by atoms with Gasteiger partial charge in [0.25, 0.3) is 0 Å². The molecule has 3 rings (SSSR count). The molecular formula is C21H20IN.